The Labute approximate surface area is 124 Å². The van der Waals surface area contributed by atoms with Crippen LogP contribution in [0, 0.1) is 5.92 Å². The molecule has 1 aliphatic heterocycles. The average Bonchev–Trinajstić information content (AvgIpc) is 2.45. The Morgan fingerprint density at radius 3 is 2.90 bits per heavy atom. The van der Waals surface area contributed by atoms with Crippen molar-refractivity contribution in [1.29, 1.82) is 0 Å². The van der Waals surface area contributed by atoms with E-state index in [0.717, 1.165) is 42.7 Å². The Morgan fingerprint density at radius 1 is 1.29 bits per heavy atom. The molecule has 2 aromatic rings. The second-order valence-corrected chi connectivity index (χ2v) is 7.95. The molecule has 1 aliphatic rings. The summed E-state index contributed by atoms with van der Waals surface area (Å²) in [6, 6.07) is 7.93. The predicted molar refractivity (Wildman–Crippen MR) is 84.2 cm³/mol. The molecule has 0 radical (unpaired) electrons. The molecule has 0 saturated carbocycles. The molecule has 1 aromatic heterocycles. The van der Waals surface area contributed by atoms with Crippen molar-refractivity contribution in [2.75, 3.05) is 30.0 Å². The van der Waals surface area contributed by atoms with Crippen LogP contribution in [0.1, 0.15) is 12.8 Å². The number of fused-ring (bicyclic) bond motifs is 1. The van der Waals surface area contributed by atoms with Gasteiger partial charge in [-0.15, -0.1) is 0 Å². The van der Waals surface area contributed by atoms with Crippen molar-refractivity contribution in [2.24, 2.45) is 5.92 Å². The maximum atomic E-state index is 11.5. The molecule has 0 spiro atoms. The number of hydrogen-bond donors (Lipinski definition) is 0. The fourth-order valence-electron chi connectivity index (χ4n) is 3.06. The molecule has 2 heterocycles. The maximum absolute atomic E-state index is 11.5. The average molecular weight is 305 g/mol. The van der Waals surface area contributed by atoms with Crippen molar-refractivity contribution in [3.05, 3.63) is 30.6 Å². The zero-order chi connectivity index (χ0) is 14.9. The van der Waals surface area contributed by atoms with Gasteiger partial charge in [0.15, 0.2) is 0 Å². The van der Waals surface area contributed by atoms with Gasteiger partial charge in [-0.05, 0) is 30.9 Å². The highest BCUT2D eigenvalue weighted by Crippen LogP contribution is 2.27. The molecule has 5 nitrogen and oxygen atoms in total. The molecule has 1 unspecified atom stereocenters. The van der Waals surface area contributed by atoms with Crippen molar-refractivity contribution in [2.45, 2.75) is 12.8 Å². The van der Waals surface area contributed by atoms with Crippen LogP contribution in [0.5, 0.6) is 0 Å². The molecule has 3 rings (SSSR count). The summed E-state index contributed by atoms with van der Waals surface area (Å²) in [7, 11) is -2.93. The second-order valence-electron chi connectivity index (χ2n) is 5.76. The normalized spacial score (nSPS) is 19.9. The highest BCUT2D eigenvalue weighted by molar-refractivity contribution is 7.90. The SMILES string of the molecule is CS(=O)(=O)CC1CCCN(c2ncnc3ccccc23)C1. The van der Waals surface area contributed by atoms with Crippen molar-refractivity contribution in [3.63, 3.8) is 0 Å². The molecule has 0 amide bonds. The number of benzene rings is 1. The highest BCUT2D eigenvalue weighted by Gasteiger charge is 2.24. The fourth-order valence-corrected chi connectivity index (χ4v) is 4.19. The summed E-state index contributed by atoms with van der Waals surface area (Å²) in [5.74, 6) is 1.35. The first-order valence-electron chi connectivity index (χ1n) is 7.15. The van der Waals surface area contributed by atoms with E-state index >= 15 is 0 Å². The molecule has 0 aliphatic carbocycles. The van der Waals surface area contributed by atoms with Crippen molar-refractivity contribution >= 4 is 26.6 Å². The Hall–Kier alpha value is -1.69. The van der Waals surface area contributed by atoms with E-state index in [9.17, 15) is 8.42 Å². The van der Waals surface area contributed by atoms with Crippen LogP contribution in [0.4, 0.5) is 5.82 Å². The maximum Gasteiger partial charge on any atom is 0.147 e. The number of nitrogens with zero attached hydrogens (tertiary/aromatic N) is 3. The van der Waals surface area contributed by atoms with Crippen LogP contribution in [0.2, 0.25) is 0 Å². The summed E-state index contributed by atoms with van der Waals surface area (Å²) in [5.41, 5.74) is 0.924. The van der Waals surface area contributed by atoms with Crippen molar-refractivity contribution < 1.29 is 8.42 Å². The molecule has 6 heteroatoms. The second kappa shape index (κ2) is 5.60. The Kier molecular flexibility index (Phi) is 3.80. The molecule has 0 bridgehead atoms. The van der Waals surface area contributed by atoms with Gasteiger partial charge in [0.2, 0.25) is 0 Å². The standard InChI is InChI=1S/C15H19N3O2S/c1-21(19,20)10-12-5-4-8-18(9-12)15-13-6-2-3-7-14(13)16-11-17-15/h2-3,6-7,11-12H,4-5,8-10H2,1H3. The van der Waals surface area contributed by atoms with Crippen LogP contribution in [-0.4, -0.2) is 43.5 Å². The quantitative estimate of drug-likeness (QED) is 0.866. The Balaban J connectivity index is 1.88. The van der Waals surface area contributed by atoms with E-state index in [1.54, 1.807) is 6.33 Å². The summed E-state index contributed by atoms with van der Waals surface area (Å²) >= 11 is 0. The summed E-state index contributed by atoms with van der Waals surface area (Å²) in [5, 5.41) is 1.03. The van der Waals surface area contributed by atoms with Gasteiger partial charge < -0.3 is 4.90 Å². The van der Waals surface area contributed by atoms with Crippen LogP contribution in [-0.2, 0) is 9.84 Å². The number of para-hydroxylation sites is 1. The first-order chi connectivity index (χ1) is 10.0. The number of aromatic nitrogens is 2. The van der Waals surface area contributed by atoms with E-state index in [1.165, 1.54) is 6.26 Å². The third-order valence-corrected chi connectivity index (χ3v) is 4.96. The predicted octanol–water partition coefficient (Wildman–Crippen LogP) is 1.89. The van der Waals surface area contributed by atoms with Crippen molar-refractivity contribution in [3.8, 4) is 0 Å². The first-order valence-corrected chi connectivity index (χ1v) is 9.21. The van der Waals surface area contributed by atoms with Crippen LogP contribution < -0.4 is 4.90 Å². The van der Waals surface area contributed by atoms with Gasteiger partial charge in [-0.1, -0.05) is 12.1 Å². The number of hydrogen-bond acceptors (Lipinski definition) is 5. The minimum atomic E-state index is -2.93. The van der Waals surface area contributed by atoms with Gasteiger partial charge in [0.1, 0.15) is 22.0 Å². The molecule has 21 heavy (non-hydrogen) atoms. The zero-order valence-corrected chi connectivity index (χ0v) is 12.9. The molecular formula is C15H19N3O2S. The third-order valence-electron chi connectivity index (χ3n) is 3.88. The number of piperidine rings is 1. The van der Waals surface area contributed by atoms with Crippen LogP contribution >= 0.6 is 0 Å². The van der Waals surface area contributed by atoms with Gasteiger partial charge in [-0.3, -0.25) is 0 Å². The number of sulfone groups is 1. The zero-order valence-electron chi connectivity index (χ0n) is 12.1. The van der Waals surface area contributed by atoms with E-state index in [2.05, 4.69) is 14.9 Å². The van der Waals surface area contributed by atoms with Crippen LogP contribution in [0.25, 0.3) is 10.9 Å². The van der Waals surface area contributed by atoms with Crippen LogP contribution in [0.3, 0.4) is 0 Å². The minimum Gasteiger partial charge on any atom is -0.356 e. The van der Waals surface area contributed by atoms with Crippen molar-refractivity contribution in [1.82, 2.24) is 9.97 Å². The number of rotatable bonds is 3. The van der Waals surface area contributed by atoms with E-state index < -0.39 is 9.84 Å². The molecule has 1 saturated heterocycles. The van der Waals surface area contributed by atoms with E-state index in [-0.39, 0.29) is 11.7 Å². The Bertz CT molecular complexity index is 740. The van der Waals surface area contributed by atoms with E-state index in [0.29, 0.717) is 0 Å². The van der Waals surface area contributed by atoms with Gasteiger partial charge in [-0.2, -0.15) is 0 Å². The summed E-state index contributed by atoms with van der Waals surface area (Å²) in [6.07, 6.45) is 4.86. The summed E-state index contributed by atoms with van der Waals surface area (Å²) in [6.45, 7) is 1.66. The molecule has 1 atom stereocenters. The topological polar surface area (TPSA) is 63.2 Å². The number of anilines is 1. The summed E-state index contributed by atoms with van der Waals surface area (Å²) in [4.78, 5) is 10.9. The molecule has 0 N–H and O–H groups in total. The van der Waals surface area contributed by atoms with E-state index in [1.807, 2.05) is 24.3 Å². The molecule has 1 aromatic carbocycles. The largest absolute Gasteiger partial charge is 0.356 e. The van der Waals surface area contributed by atoms with Gasteiger partial charge >= 0.3 is 0 Å². The fraction of sp³-hybridized carbons (Fsp3) is 0.467. The monoisotopic (exact) mass is 305 g/mol. The minimum absolute atomic E-state index is 0.183. The Morgan fingerprint density at radius 2 is 2.10 bits per heavy atom. The molecular weight excluding hydrogens is 286 g/mol. The highest BCUT2D eigenvalue weighted by atomic mass is 32.2. The van der Waals surface area contributed by atoms with Gasteiger partial charge in [0.25, 0.3) is 0 Å². The molecule has 1 fully saturated rings. The summed E-state index contributed by atoms with van der Waals surface area (Å²) < 4.78 is 23.0. The van der Waals surface area contributed by atoms with Crippen LogP contribution in [0.15, 0.2) is 30.6 Å². The lowest BCUT2D eigenvalue weighted by Gasteiger charge is -2.33. The lowest BCUT2D eigenvalue weighted by Crippen LogP contribution is -2.38. The van der Waals surface area contributed by atoms with Gasteiger partial charge in [0, 0.05) is 24.7 Å². The van der Waals surface area contributed by atoms with Gasteiger partial charge in [-0.25, -0.2) is 18.4 Å². The van der Waals surface area contributed by atoms with Gasteiger partial charge in [0.05, 0.1) is 11.3 Å². The lowest BCUT2D eigenvalue weighted by atomic mass is 10.00. The first kappa shape index (κ1) is 14.3. The molecule has 112 valence electrons. The smallest absolute Gasteiger partial charge is 0.147 e. The third kappa shape index (κ3) is 3.32. The lowest BCUT2D eigenvalue weighted by molar-refractivity contribution is 0.443. The van der Waals surface area contributed by atoms with E-state index in [4.69, 9.17) is 0 Å².